The number of benzene rings is 1. The SMILES string of the molecule is O=C1C[C@@H](C(=O)N2CCC[C@@H]2c2ccsc2)CN1c1ccc2c(c1)OCCO2. The standard InChI is InChI=1S/C21H22N2O4S/c24-20-10-15(21(25)22-6-1-2-17(22)14-5-9-28-13-14)12-23(20)16-3-4-18-19(11-16)27-8-7-26-18/h3-5,9,11,13,15,17H,1-2,6-8,10,12H2/t15-,17-/m1/s1. The van der Waals surface area contributed by atoms with Crippen molar-refractivity contribution in [1.29, 1.82) is 0 Å². The highest BCUT2D eigenvalue weighted by molar-refractivity contribution is 7.08. The van der Waals surface area contributed by atoms with Crippen molar-refractivity contribution in [2.45, 2.75) is 25.3 Å². The van der Waals surface area contributed by atoms with E-state index >= 15 is 0 Å². The molecule has 3 aliphatic rings. The zero-order valence-electron chi connectivity index (χ0n) is 15.5. The lowest BCUT2D eigenvalue weighted by Crippen LogP contribution is -2.37. The summed E-state index contributed by atoms with van der Waals surface area (Å²) in [5.41, 5.74) is 1.98. The normalized spacial score (nSPS) is 24.1. The smallest absolute Gasteiger partial charge is 0.228 e. The summed E-state index contributed by atoms with van der Waals surface area (Å²) in [6, 6.07) is 7.78. The summed E-state index contributed by atoms with van der Waals surface area (Å²) < 4.78 is 11.2. The van der Waals surface area contributed by atoms with E-state index in [-0.39, 0.29) is 30.2 Å². The molecule has 0 bridgehead atoms. The number of hydrogen-bond acceptors (Lipinski definition) is 5. The minimum atomic E-state index is -0.292. The molecule has 0 N–H and O–H groups in total. The first-order valence-electron chi connectivity index (χ1n) is 9.73. The van der Waals surface area contributed by atoms with Crippen molar-refractivity contribution in [3.8, 4) is 11.5 Å². The lowest BCUT2D eigenvalue weighted by molar-refractivity contribution is -0.136. The molecule has 5 rings (SSSR count). The Morgan fingerprint density at radius 3 is 2.82 bits per heavy atom. The van der Waals surface area contributed by atoms with Crippen LogP contribution >= 0.6 is 11.3 Å². The molecule has 2 saturated heterocycles. The molecular weight excluding hydrogens is 376 g/mol. The van der Waals surface area contributed by atoms with E-state index < -0.39 is 0 Å². The van der Waals surface area contributed by atoms with Crippen LogP contribution in [-0.4, -0.2) is 43.0 Å². The number of carbonyl (C=O) groups is 2. The number of rotatable bonds is 3. The number of ether oxygens (including phenoxy) is 2. The number of fused-ring (bicyclic) bond motifs is 1. The van der Waals surface area contributed by atoms with Crippen molar-refractivity contribution in [1.82, 2.24) is 4.90 Å². The van der Waals surface area contributed by atoms with E-state index in [1.54, 1.807) is 16.2 Å². The molecule has 2 amide bonds. The molecule has 4 heterocycles. The quantitative estimate of drug-likeness (QED) is 0.797. The maximum Gasteiger partial charge on any atom is 0.228 e. The predicted octanol–water partition coefficient (Wildman–Crippen LogP) is 3.24. The van der Waals surface area contributed by atoms with Crippen LogP contribution in [-0.2, 0) is 9.59 Å². The van der Waals surface area contributed by atoms with Gasteiger partial charge in [-0.2, -0.15) is 11.3 Å². The summed E-state index contributed by atoms with van der Waals surface area (Å²) in [6.45, 7) is 2.23. The van der Waals surface area contributed by atoms with Gasteiger partial charge in [0.15, 0.2) is 11.5 Å². The summed E-state index contributed by atoms with van der Waals surface area (Å²) in [7, 11) is 0. The van der Waals surface area contributed by atoms with Gasteiger partial charge in [0.1, 0.15) is 13.2 Å². The van der Waals surface area contributed by atoms with Crippen molar-refractivity contribution in [3.63, 3.8) is 0 Å². The summed E-state index contributed by atoms with van der Waals surface area (Å²) >= 11 is 1.66. The molecule has 6 nitrogen and oxygen atoms in total. The highest BCUT2D eigenvalue weighted by Gasteiger charge is 2.40. The van der Waals surface area contributed by atoms with E-state index in [0.29, 0.717) is 31.3 Å². The number of amides is 2. The third-order valence-corrected chi connectivity index (χ3v) is 6.48. The Hall–Kier alpha value is -2.54. The van der Waals surface area contributed by atoms with Gasteiger partial charge < -0.3 is 19.3 Å². The largest absolute Gasteiger partial charge is 0.486 e. The Balaban J connectivity index is 1.33. The molecular formula is C21H22N2O4S. The van der Waals surface area contributed by atoms with Crippen LogP contribution in [0.2, 0.25) is 0 Å². The van der Waals surface area contributed by atoms with Gasteiger partial charge in [-0.15, -0.1) is 0 Å². The summed E-state index contributed by atoms with van der Waals surface area (Å²) in [6.07, 6.45) is 2.27. The van der Waals surface area contributed by atoms with Gasteiger partial charge in [0, 0.05) is 31.3 Å². The molecule has 0 spiro atoms. The third-order valence-electron chi connectivity index (χ3n) is 5.78. The number of likely N-dealkylation sites (tertiary alicyclic amines) is 1. The number of thiophene rings is 1. The van der Waals surface area contributed by atoms with E-state index in [4.69, 9.17) is 9.47 Å². The molecule has 1 aromatic carbocycles. The summed E-state index contributed by atoms with van der Waals surface area (Å²) in [4.78, 5) is 29.6. The van der Waals surface area contributed by atoms with Crippen molar-refractivity contribution >= 4 is 28.8 Å². The van der Waals surface area contributed by atoms with E-state index in [2.05, 4.69) is 16.8 Å². The molecule has 0 saturated carbocycles. The number of nitrogens with zero attached hydrogens (tertiary/aromatic N) is 2. The average Bonchev–Trinajstić information content (AvgIpc) is 3.47. The van der Waals surface area contributed by atoms with Crippen molar-refractivity contribution in [2.75, 3.05) is 31.2 Å². The van der Waals surface area contributed by atoms with Gasteiger partial charge in [-0.1, -0.05) is 0 Å². The predicted molar refractivity (Wildman–Crippen MR) is 106 cm³/mol. The second kappa shape index (κ2) is 7.13. The number of anilines is 1. The van der Waals surface area contributed by atoms with Crippen molar-refractivity contribution < 1.29 is 19.1 Å². The van der Waals surface area contributed by atoms with E-state index in [1.165, 1.54) is 5.56 Å². The molecule has 28 heavy (non-hydrogen) atoms. The van der Waals surface area contributed by atoms with E-state index in [0.717, 1.165) is 25.1 Å². The Morgan fingerprint density at radius 1 is 1.14 bits per heavy atom. The summed E-state index contributed by atoms with van der Waals surface area (Å²) in [5, 5.41) is 4.18. The second-order valence-corrected chi connectivity index (χ2v) is 8.26. The molecule has 146 valence electrons. The second-order valence-electron chi connectivity index (χ2n) is 7.48. The van der Waals surface area contributed by atoms with Crippen molar-refractivity contribution in [2.24, 2.45) is 5.92 Å². The molecule has 0 radical (unpaired) electrons. The molecule has 0 aliphatic carbocycles. The van der Waals surface area contributed by atoms with Gasteiger partial charge in [0.25, 0.3) is 0 Å². The molecule has 2 aromatic rings. The molecule has 1 aromatic heterocycles. The average molecular weight is 398 g/mol. The van der Waals surface area contributed by atoms with Gasteiger partial charge in [-0.3, -0.25) is 9.59 Å². The Kier molecular flexibility index (Phi) is 4.47. The Bertz CT molecular complexity index is 898. The minimum Gasteiger partial charge on any atom is -0.486 e. The molecule has 7 heteroatoms. The van der Waals surface area contributed by atoms with Crippen LogP contribution in [0.3, 0.4) is 0 Å². The zero-order valence-corrected chi connectivity index (χ0v) is 16.3. The maximum atomic E-state index is 13.2. The van der Waals surface area contributed by atoms with Gasteiger partial charge in [-0.25, -0.2) is 0 Å². The lowest BCUT2D eigenvalue weighted by atomic mass is 10.0. The van der Waals surface area contributed by atoms with Crippen LogP contribution < -0.4 is 14.4 Å². The Labute approximate surface area is 167 Å². The van der Waals surface area contributed by atoms with Crippen LogP contribution in [0.5, 0.6) is 11.5 Å². The van der Waals surface area contributed by atoms with Crippen LogP contribution in [0, 0.1) is 5.92 Å². The van der Waals surface area contributed by atoms with Crippen LogP contribution in [0.25, 0.3) is 0 Å². The molecule has 2 atom stereocenters. The van der Waals surface area contributed by atoms with Crippen molar-refractivity contribution in [3.05, 3.63) is 40.6 Å². The van der Waals surface area contributed by atoms with Gasteiger partial charge >= 0.3 is 0 Å². The van der Waals surface area contributed by atoms with E-state index in [9.17, 15) is 9.59 Å². The summed E-state index contributed by atoms with van der Waals surface area (Å²) in [5.74, 6) is 1.15. The van der Waals surface area contributed by atoms with Crippen LogP contribution in [0.15, 0.2) is 35.0 Å². The molecule has 3 aliphatic heterocycles. The number of carbonyl (C=O) groups excluding carboxylic acids is 2. The molecule has 2 fully saturated rings. The third kappa shape index (κ3) is 3.03. The fraction of sp³-hybridized carbons (Fsp3) is 0.429. The van der Waals surface area contributed by atoms with Crippen LogP contribution in [0.4, 0.5) is 5.69 Å². The fourth-order valence-electron chi connectivity index (χ4n) is 4.40. The van der Waals surface area contributed by atoms with Gasteiger partial charge in [0.2, 0.25) is 11.8 Å². The van der Waals surface area contributed by atoms with E-state index in [1.807, 2.05) is 23.1 Å². The highest BCUT2D eigenvalue weighted by Crippen LogP contribution is 2.38. The first kappa shape index (κ1) is 17.6. The monoisotopic (exact) mass is 398 g/mol. The van der Waals surface area contributed by atoms with Gasteiger partial charge in [0.05, 0.1) is 12.0 Å². The fourth-order valence-corrected chi connectivity index (χ4v) is 5.11. The Morgan fingerprint density at radius 2 is 2.00 bits per heavy atom. The van der Waals surface area contributed by atoms with Gasteiger partial charge in [-0.05, 0) is 47.4 Å². The zero-order chi connectivity index (χ0) is 19.1. The minimum absolute atomic E-state index is 0.0127. The topological polar surface area (TPSA) is 59.1 Å². The first-order valence-corrected chi connectivity index (χ1v) is 10.7. The highest BCUT2D eigenvalue weighted by atomic mass is 32.1. The lowest BCUT2D eigenvalue weighted by Gasteiger charge is -2.27. The molecule has 0 unspecified atom stereocenters. The van der Waals surface area contributed by atoms with Crippen LogP contribution in [0.1, 0.15) is 30.9 Å². The first-order chi connectivity index (χ1) is 13.7. The number of hydrogen-bond donors (Lipinski definition) is 0. The maximum absolute atomic E-state index is 13.2.